The van der Waals surface area contributed by atoms with E-state index in [-0.39, 0.29) is 0 Å². The number of anilines is 3. The average Bonchev–Trinajstić information content (AvgIpc) is 2.56. The van der Waals surface area contributed by atoms with Crippen molar-refractivity contribution < 1.29 is 0 Å². The first-order valence-corrected chi connectivity index (χ1v) is 7.62. The van der Waals surface area contributed by atoms with E-state index in [0.29, 0.717) is 0 Å². The Hall–Kier alpha value is -2.23. The van der Waals surface area contributed by atoms with Crippen molar-refractivity contribution in [2.24, 2.45) is 0 Å². The Kier molecular flexibility index (Phi) is 4.24. The summed E-state index contributed by atoms with van der Waals surface area (Å²) in [5.74, 6) is 2.03. The fraction of sp³-hybridized carbons (Fsp3) is 0.353. The number of pyridine rings is 1. The number of rotatable bonds is 4. The molecule has 4 nitrogen and oxygen atoms in total. The van der Waals surface area contributed by atoms with Crippen molar-refractivity contribution in [3.63, 3.8) is 0 Å². The van der Waals surface area contributed by atoms with Crippen molar-refractivity contribution in [3.8, 4) is 0 Å². The number of aromatic nitrogens is 1. The minimum absolute atomic E-state index is 0.901. The smallest absolute Gasteiger partial charge is 0.131 e. The molecule has 0 radical (unpaired) electrons. The highest BCUT2D eigenvalue weighted by molar-refractivity contribution is 5.51. The predicted molar refractivity (Wildman–Crippen MR) is 89.3 cm³/mol. The highest BCUT2D eigenvalue weighted by Gasteiger charge is 2.18. The summed E-state index contributed by atoms with van der Waals surface area (Å²) in [6, 6.07) is 16.8. The van der Waals surface area contributed by atoms with Gasteiger partial charge in [0.15, 0.2) is 0 Å². The first-order valence-electron chi connectivity index (χ1n) is 7.62. The molecule has 1 aliphatic heterocycles. The van der Waals surface area contributed by atoms with Gasteiger partial charge in [0.1, 0.15) is 11.6 Å². The van der Waals surface area contributed by atoms with Crippen LogP contribution < -0.4 is 15.1 Å². The Bertz CT molecular complexity index is 562. The molecule has 1 saturated heterocycles. The highest BCUT2D eigenvalue weighted by Crippen LogP contribution is 2.20. The molecule has 1 aromatic carbocycles. The maximum atomic E-state index is 4.68. The lowest BCUT2D eigenvalue weighted by molar-refractivity contribution is 0.648. The zero-order chi connectivity index (χ0) is 14.5. The molecule has 1 aliphatic rings. The molecule has 2 heterocycles. The zero-order valence-corrected chi connectivity index (χ0v) is 12.5. The summed E-state index contributed by atoms with van der Waals surface area (Å²) in [5.41, 5.74) is 1.31. The number of hydrogen-bond acceptors (Lipinski definition) is 4. The van der Waals surface area contributed by atoms with Gasteiger partial charge in [-0.1, -0.05) is 24.3 Å². The molecule has 0 unspecified atom stereocenters. The van der Waals surface area contributed by atoms with Crippen LogP contribution in [0.1, 0.15) is 6.92 Å². The molecule has 2 aromatic rings. The third-order valence-electron chi connectivity index (χ3n) is 3.82. The summed E-state index contributed by atoms with van der Waals surface area (Å²) in [6.45, 7) is 7.09. The predicted octanol–water partition coefficient (Wildman–Crippen LogP) is 2.84. The van der Waals surface area contributed by atoms with Gasteiger partial charge in [-0.05, 0) is 31.2 Å². The molecule has 0 aliphatic carbocycles. The summed E-state index contributed by atoms with van der Waals surface area (Å²) < 4.78 is 0. The van der Waals surface area contributed by atoms with Gasteiger partial charge in [-0.2, -0.15) is 0 Å². The van der Waals surface area contributed by atoms with Gasteiger partial charge in [0.05, 0.1) is 0 Å². The van der Waals surface area contributed by atoms with E-state index in [0.717, 1.165) is 44.4 Å². The third-order valence-corrected chi connectivity index (χ3v) is 3.82. The largest absolute Gasteiger partial charge is 0.370 e. The van der Waals surface area contributed by atoms with Gasteiger partial charge in [0.25, 0.3) is 0 Å². The van der Waals surface area contributed by atoms with Gasteiger partial charge in [0, 0.05) is 38.4 Å². The Morgan fingerprint density at radius 3 is 2.33 bits per heavy atom. The van der Waals surface area contributed by atoms with Crippen molar-refractivity contribution in [1.82, 2.24) is 4.98 Å². The van der Waals surface area contributed by atoms with Crippen LogP contribution in [0.3, 0.4) is 0 Å². The second kappa shape index (κ2) is 6.48. The lowest BCUT2D eigenvalue weighted by Crippen LogP contribution is -2.46. The Labute approximate surface area is 126 Å². The Morgan fingerprint density at radius 1 is 0.905 bits per heavy atom. The molecule has 0 atom stereocenters. The number of nitrogens with one attached hydrogen (secondary N) is 1. The number of benzene rings is 1. The van der Waals surface area contributed by atoms with Crippen molar-refractivity contribution in [1.29, 1.82) is 0 Å². The SMILES string of the molecule is CCNc1cccc(N2CCN(c3ccccc3)CC2)n1. The minimum atomic E-state index is 0.901. The van der Waals surface area contributed by atoms with E-state index >= 15 is 0 Å². The molecular formula is C17H22N4. The molecule has 110 valence electrons. The monoisotopic (exact) mass is 282 g/mol. The maximum absolute atomic E-state index is 4.68. The second-order valence-corrected chi connectivity index (χ2v) is 5.22. The molecule has 0 spiro atoms. The van der Waals surface area contributed by atoms with E-state index in [1.54, 1.807) is 0 Å². The van der Waals surface area contributed by atoms with E-state index in [1.807, 2.05) is 6.07 Å². The fourth-order valence-corrected chi connectivity index (χ4v) is 2.71. The van der Waals surface area contributed by atoms with Crippen LogP contribution in [0.4, 0.5) is 17.3 Å². The van der Waals surface area contributed by atoms with Crippen molar-refractivity contribution in [2.75, 3.05) is 47.8 Å². The maximum Gasteiger partial charge on any atom is 0.131 e. The summed E-state index contributed by atoms with van der Waals surface area (Å²) in [5, 5.41) is 3.27. The van der Waals surface area contributed by atoms with Crippen LogP contribution in [0.5, 0.6) is 0 Å². The Balaban J connectivity index is 1.64. The van der Waals surface area contributed by atoms with Gasteiger partial charge in [-0.25, -0.2) is 4.98 Å². The molecule has 21 heavy (non-hydrogen) atoms. The van der Waals surface area contributed by atoms with Crippen molar-refractivity contribution in [3.05, 3.63) is 48.5 Å². The number of para-hydroxylation sites is 1. The third kappa shape index (κ3) is 3.27. The van der Waals surface area contributed by atoms with E-state index in [4.69, 9.17) is 0 Å². The lowest BCUT2D eigenvalue weighted by Gasteiger charge is -2.36. The van der Waals surface area contributed by atoms with Gasteiger partial charge in [0.2, 0.25) is 0 Å². The van der Waals surface area contributed by atoms with Crippen LogP contribution in [-0.2, 0) is 0 Å². The molecule has 1 fully saturated rings. The molecule has 0 saturated carbocycles. The van der Waals surface area contributed by atoms with Gasteiger partial charge in [-0.15, -0.1) is 0 Å². The van der Waals surface area contributed by atoms with Crippen LogP contribution in [0.25, 0.3) is 0 Å². The molecule has 0 amide bonds. The number of piperazine rings is 1. The standard InChI is InChI=1S/C17H22N4/c1-2-18-16-9-6-10-17(19-16)21-13-11-20(12-14-21)15-7-4-3-5-8-15/h3-10H,2,11-14H2,1H3,(H,18,19). The Morgan fingerprint density at radius 2 is 1.62 bits per heavy atom. The minimum Gasteiger partial charge on any atom is -0.370 e. The van der Waals surface area contributed by atoms with Crippen LogP contribution >= 0.6 is 0 Å². The first kappa shape index (κ1) is 13.7. The molecule has 1 aromatic heterocycles. The first-order chi connectivity index (χ1) is 10.4. The summed E-state index contributed by atoms with van der Waals surface area (Å²) in [7, 11) is 0. The molecule has 1 N–H and O–H groups in total. The average molecular weight is 282 g/mol. The normalized spacial score (nSPS) is 15.1. The van der Waals surface area contributed by atoms with Crippen LogP contribution in [0, 0.1) is 0 Å². The number of hydrogen-bond donors (Lipinski definition) is 1. The zero-order valence-electron chi connectivity index (χ0n) is 12.5. The fourth-order valence-electron chi connectivity index (χ4n) is 2.71. The van der Waals surface area contributed by atoms with Crippen LogP contribution in [0.15, 0.2) is 48.5 Å². The lowest BCUT2D eigenvalue weighted by atomic mass is 10.2. The summed E-state index contributed by atoms with van der Waals surface area (Å²) in [6.07, 6.45) is 0. The molecule has 0 bridgehead atoms. The summed E-state index contributed by atoms with van der Waals surface area (Å²) >= 11 is 0. The quantitative estimate of drug-likeness (QED) is 0.934. The number of nitrogens with zero attached hydrogens (tertiary/aromatic N) is 3. The van der Waals surface area contributed by atoms with Crippen LogP contribution in [-0.4, -0.2) is 37.7 Å². The molecule has 4 heteroatoms. The van der Waals surface area contributed by atoms with Crippen molar-refractivity contribution >= 4 is 17.3 Å². The van der Waals surface area contributed by atoms with Gasteiger partial charge >= 0.3 is 0 Å². The van der Waals surface area contributed by atoms with Crippen LogP contribution in [0.2, 0.25) is 0 Å². The van der Waals surface area contributed by atoms with Gasteiger partial charge in [-0.3, -0.25) is 0 Å². The van der Waals surface area contributed by atoms with E-state index in [9.17, 15) is 0 Å². The summed E-state index contributed by atoms with van der Waals surface area (Å²) in [4.78, 5) is 9.48. The molecule has 3 rings (SSSR count). The topological polar surface area (TPSA) is 31.4 Å². The molecular weight excluding hydrogens is 260 g/mol. The van der Waals surface area contributed by atoms with E-state index < -0.39 is 0 Å². The van der Waals surface area contributed by atoms with Gasteiger partial charge < -0.3 is 15.1 Å². The van der Waals surface area contributed by atoms with E-state index in [2.05, 4.69) is 69.5 Å². The highest BCUT2D eigenvalue weighted by atomic mass is 15.3. The van der Waals surface area contributed by atoms with E-state index in [1.165, 1.54) is 5.69 Å². The van der Waals surface area contributed by atoms with Crippen molar-refractivity contribution in [2.45, 2.75) is 6.92 Å². The second-order valence-electron chi connectivity index (χ2n) is 5.22.